The summed E-state index contributed by atoms with van der Waals surface area (Å²) in [5.41, 5.74) is 0.955. The molecule has 0 radical (unpaired) electrons. The lowest BCUT2D eigenvalue weighted by atomic mass is 9.81. The van der Waals surface area contributed by atoms with Gasteiger partial charge in [0.1, 0.15) is 5.82 Å². The van der Waals surface area contributed by atoms with Crippen LogP contribution < -0.4 is 4.90 Å². The van der Waals surface area contributed by atoms with Gasteiger partial charge in [0.05, 0.1) is 17.5 Å². The first-order valence-electron chi connectivity index (χ1n) is 6.73. The van der Waals surface area contributed by atoms with E-state index in [0.717, 1.165) is 25.7 Å². The van der Waals surface area contributed by atoms with Gasteiger partial charge in [-0.2, -0.15) is 0 Å². The number of rotatable bonds is 1. The van der Waals surface area contributed by atoms with Gasteiger partial charge in [-0.05, 0) is 43.5 Å². The van der Waals surface area contributed by atoms with Gasteiger partial charge in [0.2, 0.25) is 11.8 Å². The third-order valence-corrected chi connectivity index (χ3v) is 4.24. The number of benzene rings is 1. The van der Waals surface area contributed by atoms with E-state index in [1.807, 2.05) is 0 Å². The molecule has 0 bridgehead atoms. The number of fused-ring (bicyclic) bond motifs is 1. The Morgan fingerprint density at radius 1 is 1.11 bits per heavy atom. The first kappa shape index (κ1) is 12.3. The molecule has 3 nitrogen and oxygen atoms in total. The summed E-state index contributed by atoms with van der Waals surface area (Å²) in [4.78, 5) is 26.0. The molecule has 1 aromatic rings. The number of nitrogens with zero attached hydrogens (tertiary/aromatic N) is 1. The van der Waals surface area contributed by atoms with Gasteiger partial charge in [0.25, 0.3) is 0 Å². The van der Waals surface area contributed by atoms with Crippen molar-refractivity contribution in [2.45, 2.75) is 32.6 Å². The molecule has 1 aromatic carbocycles. The smallest absolute Gasteiger partial charge is 0.237 e. The van der Waals surface area contributed by atoms with Crippen molar-refractivity contribution in [3.63, 3.8) is 0 Å². The molecule has 2 aliphatic rings. The first-order valence-corrected chi connectivity index (χ1v) is 6.73. The summed E-state index contributed by atoms with van der Waals surface area (Å²) < 4.78 is 13.3. The Bertz CT molecular complexity index is 531. The van der Waals surface area contributed by atoms with E-state index in [1.54, 1.807) is 13.0 Å². The van der Waals surface area contributed by atoms with Crippen LogP contribution >= 0.6 is 0 Å². The first-order chi connectivity index (χ1) is 9.09. The van der Waals surface area contributed by atoms with Gasteiger partial charge in [0, 0.05) is 0 Å². The van der Waals surface area contributed by atoms with Gasteiger partial charge < -0.3 is 0 Å². The lowest BCUT2D eigenvalue weighted by Crippen LogP contribution is -2.30. The van der Waals surface area contributed by atoms with E-state index in [-0.39, 0.29) is 29.5 Å². The number of halogens is 1. The number of hydrogen-bond acceptors (Lipinski definition) is 2. The van der Waals surface area contributed by atoms with Crippen molar-refractivity contribution >= 4 is 17.5 Å². The number of hydrogen-bond donors (Lipinski definition) is 0. The maximum absolute atomic E-state index is 13.3. The highest BCUT2D eigenvalue weighted by Crippen LogP contribution is 2.40. The fourth-order valence-corrected chi connectivity index (χ4v) is 3.18. The standard InChI is InChI=1S/C15H16FNO2/c1-9-8-10(6-7-13(9)16)17-14(18)11-4-2-3-5-12(11)15(17)19/h6-8,11-12H,2-5H2,1H3. The predicted octanol–water partition coefficient (Wildman–Crippen LogP) is 2.81. The maximum Gasteiger partial charge on any atom is 0.237 e. The SMILES string of the molecule is Cc1cc(N2C(=O)C3CCCCC3C2=O)ccc1F. The molecule has 2 unspecified atom stereocenters. The minimum atomic E-state index is -0.319. The normalized spacial score (nSPS) is 26.7. The molecule has 0 spiro atoms. The summed E-state index contributed by atoms with van der Waals surface area (Å²) in [6, 6.07) is 4.39. The number of anilines is 1. The summed E-state index contributed by atoms with van der Waals surface area (Å²) >= 11 is 0. The van der Waals surface area contributed by atoms with Crippen molar-refractivity contribution in [1.29, 1.82) is 0 Å². The number of imide groups is 1. The quantitative estimate of drug-likeness (QED) is 0.729. The van der Waals surface area contributed by atoms with Gasteiger partial charge in [-0.1, -0.05) is 12.8 Å². The molecule has 1 heterocycles. The second-order valence-corrected chi connectivity index (χ2v) is 5.44. The predicted molar refractivity (Wildman–Crippen MR) is 69.1 cm³/mol. The lowest BCUT2D eigenvalue weighted by Gasteiger charge is -2.19. The Balaban J connectivity index is 1.98. The van der Waals surface area contributed by atoms with Gasteiger partial charge in [-0.15, -0.1) is 0 Å². The van der Waals surface area contributed by atoms with Crippen LogP contribution in [0.1, 0.15) is 31.2 Å². The molecule has 19 heavy (non-hydrogen) atoms. The Morgan fingerprint density at radius 2 is 1.68 bits per heavy atom. The van der Waals surface area contributed by atoms with Crippen molar-refractivity contribution in [3.05, 3.63) is 29.6 Å². The molecule has 1 aliphatic heterocycles. The van der Waals surface area contributed by atoms with Crippen LogP contribution in [0.15, 0.2) is 18.2 Å². The summed E-state index contributed by atoms with van der Waals surface area (Å²) in [5.74, 6) is -0.861. The van der Waals surface area contributed by atoms with Crippen LogP contribution in [0, 0.1) is 24.6 Å². The summed E-state index contributed by atoms with van der Waals surface area (Å²) in [5, 5.41) is 0. The van der Waals surface area contributed by atoms with Gasteiger partial charge in [-0.3, -0.25) is 14.5 Å². The van der Waals surface area contributed by atoms with E-state index < -0.39 is 0 Å². The topological polar surface area (TPSA) is 37.4 Å². The van der Waals surface area contributed by atoms with E-state index in [0.29, 0.717) is 11.3 Å². The highest BCUT2D eigenvalue weighted by Gasteiger charge is 2.48. The molecule has 1 saturated carbocycles. The zero-order valence-corrected chi connectivity index (χ0v) is 10.9. The van der Waals surface area contributed by atoms with E-state index in [2.05, 4.69) is 0 Å². The van der Waals surface area contributed by atoms with Crippen LogP contribution in [-0.2, 0) is 9.59 Å². The molecule has 2 atom stereocenters. The fourth-order valence-electron chi connectivity index (χ4n) is 3.18. The molecule has 1 aliphatic carbocycles. The van der Waals surface area contributed by atoms with E-state index in [4.69, 9.17) is 0 Å². The Kier molecular flexibility index (Phi) is 2.88. The molecule has 2 fully saturated rings. The molecule has 0 aromatic heterocycles. The second-order valence-electron chi connectivity index (χ2n) is 5.44. The number of carbonyl (C=O) groups excluding carboxylic acids is 2. The Hall–Kier alpha value is -1.71. The maximum atomic E-state index is 13.3. The lowest BCUT2D eigenvalue weighted by molar-refractivity contribution is -0.122. The Morgan fingerprint density at radius 3 is 2.21 bits per heavy atom. The average molecular weight is 261 g/mol. The third kappa shape index (κ3) is 1.86. The van der Waals surface area contributed by atoms with Crippen LogP contribution in [-0.4, -0.2) is 11.8 Å². The number of carbonyl (C=O) groups is 2. The minimum Gasteiger partial charge on any atom is -0.274 e. The van der Waals surface area contributed by atoms with Crippen LogP contribution in [0.5, 0.6) is 0 Å². The van der Waals surface area contributed by atoms with E-state index >= 15 is 0 Å². The van der Waals surface area contributed by atoms with Crippen molar-refractivity contribution < 1.29 is 14.0 Å². The molecule has 1 saturated heterocycles. The van der Waals surface area contributed by atoms with Gasteiger partial charge >= 0.3 is 0 Å². The number of aryl methyl sites for hydroxylation is 1. The van der Waals surface area contributed by atoms with E-state index in [1.165, 1.54) is 17.0 Å². The van der Waals surface area contributed by atoms with Crippen LogP contribution in [0.4, 0.5) is 10.1 Å². The third-order valence-electron chi connectivity index (χ3n) is 4.24. The zero-order chi connectivity index (χ0) is 13.6. The molecule has 4 heteroatoms. The van der Waals surface area contributed by atoms with Crippen molar-refractivity contribution in [2.75, 3.05) is 4.90 Å². The summed E-state index contributed by atoms with van der Waals surface area (Å²) in [6.07, 6.45) is 3.62. The highest BCUT2D eigenvalue weighted by molar-refractivity contribution is 6.22. The Labute approximate surface area is 111 Å². The molecular formula is C15H16FNO2. The van der Waals surface area contributed by atoms with Crippen molar-refractivity contribution in [1.82, 2.24) is 0 Å². The van der Waals surface area contributed by atoms with Crippen LogP contribution in [0.3, 0.4) is 0 Å². The zero-order valence-electron chi connectivity index (χ0n) is 10.9. The molecular weight excluding hydrogens is 245 g/mol. The summed E-state index contributed by atoms with van der Waals surface area (Å²) in [7, 11) is 0. The van der Waals surface area contributed by atoms with Crippen LogP contribution in [0.25, 0.3) is 0 Å². The van der Waals surface area contributed by atoms with Crippen molar-refractivity contribution in [2.24, 2.45) is 11.8 Å². The summed E-state index contributed by atoms with van der Waals surface area (Å²) in [6.45, 7) is 1.64. The average Bonchev–Trinajstić information content (AvgIpc) is 2.66. The molecule has 100 valence electrons. The molecule has 0 N–H and O–H groups in total. The van der Waals surface area contributed by atoms with E-state index in [9.17, 15) is 14.0 Å². The van der Waals surface area contributed by atoms with Gasteiger partial charge in [0.15, 0.2) is 0 Å². The highest BCUT2D eigenvalue weighted by atomic mass is 19.1. The minimum absolute atomic E-state index is 0.110. The molecule has 3 rings (SSSR count). The van der Waals surface area contributed by atoms with Gasteiger partial charge in [-0.25, -0.2) is 4.39 Å². The molecule has 2 amide bonds. The fraction of sp³-hybridized carbons (Fsp3) is 0.467. The monoisotopic (exact) mass is 261 g/mol. The second kappa shape index (κ2) is 4.44. The number of amides is 2. The van der Waals surface area contributed by atoms with Crippen LogP contribution in [0.2, 0.25) is 0 Å². The largest absolute Gasteiger partial charge is 0.274 e. The van der Waals surface area contributed by atoms with Crippen molar-refractivity contribution in [3.8, 4) is 0 Å².